The molecular weight excluding hydrogens is 204 g/mol. The second kappa shape index (κ2) is 4.61. The fourth-order valence-electron chi connectivity index (χ4n) is 1.88. The van der Waals surface area contributed by atoms with E-state index in [2.05, 4.69) is 5.32 Å². The molecular formula is C12H18N2O2. The molecule has 0 atom stereocenters. The van der Waals surface area contributed by atoms with Crippen LogP contribution < -0.4 is 15.8 Å². The number of hydrogen-bond donors (Lipinski definition) is 3. The molecule has 1 aliphatic carbocycles. The fourth-order valence-corrected chi connectivity index (χ4v) is 1.88. The second-order valence-electron chi connectivity index (χ2n) is 4.12. The summed E-state index contributed by atoms with van der Waals surface area (Å²) in [7, 11) is 0. The van der Waals surface area contributed by atoms with Gasteiger partial charge in [0.2, 0.25) is 0 Å². The third-order valence-corrected chi connectivity index (χ3v) is 2.84. The van der Waals surface area contributed by atoms with E-state index in [-0.39, 0.29) is 6.10 Å². The molecule has 1 aromatic carbocycles. The molecule has 1 aromatic rings. The first-order chi connectivity index (χ1) is 7.70. The average molecular weight is 222 g/mol. The van der Waals surface area contributed by atoms with Gasteiger partial charge in [-0.05, 0) is 31.9 Å². The third-order valence-electron chi connectivity index (χ3n) is 2.84. The quantitative estimate of drug-likeness (QED) is 0.677. The molecule has 0 aliphatic heterocycles. The minimum atomic E-state index is -0.159. The van der Waals surface area contributed by atoms with Crippen molar-refractivity contribution in [3.8, 4) is 5.75 Å². The first-order valence-corrected chi connectivity index (χ1v) is 5.66. The molecule has 1 fully saturated rings. The summed E-state index contributed by atoms with van der Waals surface area (Å²) in [5.41, 5.74) is 7.52. The molecule has 0 saturated heterocycles. The van der Waals surface area contributed by atoms with Gasteiger partial charge in [0.05, 0.1) is 24.1 Å². The van der Waals surface area contributed by atoms with E-state index in [0.717, 1.165) is 18.5 Å². The van der Waals surface area contributed by atoms with Gasteiger partial charge in [-0.2, -0.15) is 0 Å². The van der Waals surface area contributed by atoms with Crippen LogP contribution in [0.1, 0.15) is 19.8 Å². The lowest BCUT2D eigenvalue weighted by molar-refractivity contribution is 0.0837. The monoisotopic (exact) mass is 222 g/mol. The highest BCUT2D eigenvalue weighted by Crippen LogP contribution is 2.32. The van der Waals surface area contributed by atoms with E-state index in [1.807, 2.05) is 25.1 Å². The smallest absolute Gasteiger partial charge is 0.144 e. The lowest BCUT2D eigenvalue weighted by atomic mass is 9.89. The SMILES string of the molecule is CCOc1cccc(NC2CC(O)C2)c1N. The number of benzene rings is 1. The Hall–Kier alpha value is -1.42. The van der Waals surface area contributed by atoms with Gasteiger partial charge in [0.15, 0.2) is 0 Å². The molecule has 4 heteroatoms. The van der Waals surface area contributed by atoms with E-state index in [9.17, 15) is 5.11 Å². The average Bonchev–Trinajstić information content (AvgIpc) is 2.22. The molecule has 0 spiro atoms. The lowest BCUT2D eigenvalue weighted by Gasteiger charge is -2.33. The minimum Gasteiger partial charge on any atom is -0.492 e. The molecule has 0 aromatic heterocycles. The Morgan fingerprint density at radius 3 is 2.88 bits per heavy atom. The minimum absolute atomic E-state index is 0.159. The number of nitrogens with one attached hydrogen (secondary N) is 1. The Morgan fingerprint density at radius 1 is 1.50 bits per heavy atom. The summed E-state index contributed by atoms with van der Waals surface area (Å²) >= 11 is 0. The predicted molar refractivity (Wildman–Crippen MR) is 64.7 cm³/mol. The summed E-state index contributed by atoms with van der Waals surface area (Å²) in [6.45, 7) is 2.54. The predicted octanol–water partition coefficient (Wildman–Crippen LogP) is 1.60. The topological polar surface area (TPSA) is 67.5 Å². The second-order valence-corrected chi connectivity index (χ2v) is 4.12. The van der Waals surface area contributed by atoms with Gasteiger partial charge in [0.1, 0.15) is 5.75 Å². The van der Waals surface area contributed by atoms with Crippen molar-refractivity contribution in [1.82, 2.24) is 0 Å². The highest BCUT2D eigenvalue weighted by atomic mass is 16.5. The number of rotatable bonds is 4. The zero-order chi connectivity index (χ0) is 11.5. The maximum Gasteiger partial charge on any atom is 0.144 e. The highest BCUT2D eigenvalue weighted by Gasteiger charge is 2.27. The number of nitrogens with two attached hydrogens (primary N) is 1. The summed E-state index contributed by atoms with van der Waals surface area (Å²) in [4.78, 5) is 0. The third kappa shape index (κ3) is 2.22. The van der Waals surface area contributed by atoms with Gasteiger partial charge < -0.3 is 20.9 Å². The maximum absolute atomic E-state index is 9.21. The van der Waals surface area contributed by atoms with Crippen molar-refractivity contribution in [3.05, 3.63) is 18.2 Å². The van der Waals surface area contributed by atoms with Crippen LogP contribution in [-0.4, -0.2) is 23.9 Å². The number of aliphatic hydroxyl groups excluding tert-OH is 1. The highest BCUT2D eigenvalue weighted by molar-refractivity contribution is 5.73. The Morgan fingerprint density at radius 2 is 2.25 bits per heavy atom. The molecule has 0 amide bonds. The van der Waals surface area contributed by atoms with Crippen molar-refractivity contribution in [2.75, 3.05) is 17.7 Å². The normalized spacial score (nSPS) is 23.6. The molecule has 0 unspecified atom stereocenters. The van der Waals surface area contributed by atoms with Crippen LogP contribution >= 0.6 is 0 Å². The molecule has 16 heavy (non-hydrogen) atoms. The van der Waals surface area contributed by atoms with Crippen LogP contribution in [0.15, 0.2) is 18.2 Å². The number of anilines is 2. The van der Waals surface area contributed by atoms with Gasteiger partial charge in [0.25, 0.3) is 0 Å². The number of nitrogen functional groups attached to an aromatic ring is 1. The van der Waals surface area contributed by atoms with Gasteiger partial charge in [0, 0.05) is 6.04 Å². The van der Waals surface area contributed by atoms with Crippen molar-refractivity contribution in [3.63, 3.8) is 0 Å². The van der Waals surface area contributed by atoms with Crippen LogP contribution in [0, 0.1) is 0 Å². The molecule has 0 bridgehead atoms. The van der Waals surface area contributed by atoms with Gasteiger partial charge in [-0.15, -0.1) is 0 Å². The van der Waals surface area contributed by atoms with E-state index in [0.29, 0.717) is 24.1 Å². The zero-order valence-electron chi connectivity index (χ0n) is 9.44. The van der Waals surface area contributed by atoms with Gasteiger partial charge >= 0.3 is 0 Å². The number of para-hydroxylation sites is 1. The Labute approximate surface area is 95.4 Å². The maximum atomic E-state index is 9.21. The van der Waals surface area contributed by atoms with Crippen molar-refractivity contribution < 1.29 is 9.84 Å². The van der Waals surface area contributed by atoms with Gasteiger partial charge in [-0.25, -0.2) is 0 Å². The summed E-state index contributed by atoms with van der Waals surface area (Å²) < 4.78 is 5.42. The summed E-state index contributed by atoms with van der Waals surface area (Å²) in [5, 5.41) is 12.5. The molecule has 0 heterocycles. The molecule has 4 nitrogen and oxygen atoms in total. The lowest BCUT2D eigenvalue weighted by Crippen LogP contribution is -2.39. The number of aliphatic hydroxyl groups is 1. The molecule has 1 saturated carbocycles. The Kier molecular flexibility index (Phi) is 3.19. The molecule has 1 aliphatic rings. The molecule has 0 radical (unpaired) electrons. The fraction of sp³-hybridized carbons (Fsp3) is 0.500. The standard InChI is InChI=1S/C12H18N2O2/c1-2-16-11-5-3-4-10(12(11)13)14-8-6-9(15)7-8/h3-5,8-9,14-15H,2,6-7,13H2,1H3. The van der Waals surface area contributed by atoms with E-state index < -0.39 is 0 Å². The Bertz CT molecular complexity index is 362. The summed E-state index contributed by atoms with van der Waals surface area (Å²) in [6.07, 6.45) is 1.42. The van der Waals surface area contributed by atoms with Crippen molar-refractivity contribution in [1.29, 1.82) is 0 Å². The zero-order valence-corrected chi connectivity index (χ0v) is 9.44. The van der Waals surface area contributed by atoms with Gasteiger partial charge in [-0.3, -0.25) is 0 Å². The van der Waals surface area contributed by atoms with E-state index >= 15 is 0 Å². The van der Waals surface area contributed by atoms with Crippen molar-refractivity contribution >= 4 is 11.4 Å². The van der Waals surface area contributed by atoms with Crippen molar-refractivity contribution in [2.24, 2.45) is 0 Å². The summed E-state index contributed by atoms with van der Waals surface area (Å²) in [6, 6.07) is 6.04. The first-order valence-electron chi connectivity index (χ1n) is 5.66. The van der Waals surface area contributed by atoms with Crippen LogP contribution in [0.25, 0.3) is 0 Å². The largest absolute Gasteiger partial charge is 0.492 e. The van der Waals surface area contributed by atoms with Crippen LogP contribution in [0.4, 0.5) is 11.4 Å². The van der Waals surface area contributed by atoms with Crippen LogP contribution in [0.5, 0.6) is 5.75 Å². The molecule has 2 rings (SSSR count). The van der Waals surface area contributed by atoms with E-state index in [4.69, 9.17) is 10.5 Å². The van der Waals surface area contributed by atoms with Crippen LogP contribution in [-0.2, 0) is 0 Å². The van der Waals surface area contributed by atoms with Gasteiger partial charge in [-0.1, -0.05) is 6.07 Å². The van der Waals surface area contributed by atoms with Crippen LogP contribution in [0.3, 0.4) is 0 Å². The first kappa shape index (κ1) is 11.1. The van der Waals surface area contributed by atoms with Crippen molar-refractivity contribution in [2.45, 2.75) is 31.9 Å². The Balaban J connectivity index is 2.05. The summed E-state index contributed by atoms with van der Waals surface area (Å²) in [5.74, 6) is 0.715. The molecule has 88 valence electrons. The number of ether oxygens (including phenoxy) is 1. The van der Waals surface area contributed by atoms with E-state index in [1.165, 1.54) is 0 Å². The van der Waals surface area contributed by atoms with E-state index in [1.54, 1.807) is 0 Å². The van der Waals surface area contributed by atoms with Crippen LogP contribution in [0.2, 0.25) is 0 Å². The number of hydrogen-bond acceptors (Lipinski definition) is 4. The molecule has 4 N–H and O–H groups in total.